The van der Waals surface area contributed by atoms with Crippen molar-refractivity contribution >= 4 is 22.6 Å². The number of fused-ring (bicyclic) bond motifs is 1. The van der Waals surface area contributed by atoms with Gasteiger partial charge in [0.15, 0.2) is 0 Å². The molecule has 0 aliphatic rings. The highest BCUT2D eigenvalue weighted by molar-refractivity contribution is 5.93. The SMILES string of the molecule is O=C(O)c1cn(-c2ccc([N+](=O)[O-])cc2)c2ccc(F)cc2c1=O. The van der Waals surface area contributed by atoms with Gasteiger partial charge in [-0.25, -0.2) is 9.18 Å². The Bertz CT molecular complexity index is 1040. The van der Waals surface area contributed by atoms with Gasteiger partial charge in [0.1, 0.15) is 11.4 Å². The number of nitrogens with zero attached hydrogens (tertiary/aromatic N) is 2. The fourth-order valence-electron chi connectivity index (χ4n) is 2.40. The zero-order valence-electron chi connectivity index (χ0n) is 12.0. The maximum atomic E-state index is 13.5. The number of carbonyl (C=O) groups is 1. The molecule has 0 aliphatic heterocycles. The van der Waals surface area contributed by atoms with Crippen molar-refractivity contribution in [2.24, 2.45) is 0 Å². The van der Waals surface area contributed by atoms with Crippen LogP contribution in [0.1, 0.15) is 10.4 Å². The molecule has 120 valence electrons. The van der Waals surface area contributed by atoms with Gasteiger partial charge < -0.3 is 9.67 Å². The quantitative estimate of drug-likeness (QED) is 0.588. The van der Waals surface area contributed by atoms with Gasteiger partial charge in [0.05, 0.1) is 10.4 Å². The molecule has 0 aliphatic carbocycles. The number of benzene rings is 2. The number of nitro groups is 1. The summed E-state index contributed by atoms with van der Waals surface area (Å²) in [4.78, 5) is 33.6. The van der Waals surface area contributed by atoms with Gasteiger partial charge in [0, 0.05) is 29.4 Å². The molecule has 0 radical (unpaired) electrons. The molecule has 0 fully saturated rings. The molecule has 0 amide bonds. The fourth-order valence-corrected chi connectivity index (χ4v) is 2.40. The van der Waals surface area contributed by atoms with E-state index in [4.69, 9.17) is 0 Å². The molecule has 3 aromatic rings. The Morgan fingerprint density at radius 1 is 1.17 bits per heavy atom. The molecule has 1 N–H and O–H groups in total. The average molecular weight is 328 g/mol. The summed E-state index contributed by atoms with van der Waals surface area (Å²) in [6.07, 6.45) is 1.12. The summed E-state index contributed by atoms with van der Waals surface area (Å²) in [6.45, 7) is 0. The Morgan fingerprint density at radius 2 is 1.83 bits per heavy atom. The predicted octanol–water partition coefficient (Wildman–Crippen LogP) is 2.74. The van der Waals surface area contributed by atoms with Crippen molar-refractivity contribution < 1.29 is 19.2 Å². The second-order valence-corrected chi connectivity index (χ2v) is 4.98. The number of hydrogen-bond donors (Lipinski definition) is 1. The number of carboxylic acid groups (broad SMARTS) is 1. The molecule has 0 bridgehead atoms. The number of pyridine rings is 1. The highest BCUT2D eigenvalue weighted by Gasteiger charge is 2.16. The average Bonchev–Trinajstić information content (AvgIpc) is 2.55. The van der Waals surface area contributed by atoms with Crippen LogP contribution in [0.2, 0.25) is 0 Å². The van der Waals surface area contributed by atoms with Gasteiger partial charge in [-0.05, 0) is 30.3 Å². The van der Waals surface area contributed by atoms with Crippen molar-refractivity contribution in [3.63, 3.8) is 0 Å². The van der Waals surface area contributed by atoms with Crippen LogP contribution in [0, 0.1) is 15.9 Å². The standard InChI is InChI=1S/C16H9FN2O5/c17-9-1-6-14-12(7-9)15(20)13(16(21)22)8-18(14)10-2-4-11(5-3-10)19(23)24/h1-8H,(H,21,22). The van der Waals surface area contributed by atoms with Gasteiger partial charge in [-0.3, -0.25) is 14.9 Å². The van der Waals surface area contributed by atoms with Crippen LogP contribution >= 0.6 is 0 Å². The van der Waals surface area contributed by atoms with Crippen LogP contribution in [-0.2, 0) is 0 Å². The predicted molar refractivity (Wildman–Crippen MR) is 83.1 cm³/mol. The topological polar surface area (TPSA) is 102 Å². The third-order valence-electron chi connectivity index (χ3n) is 3.53. The van der Waals surface area contributed by atoms with E-state index >= 15 is 0 Å². The number of hydrogen-bond acceptors (Lipinski definition) is 4. The number of halogens is 1. The first-order valence-corrected chi connectivity index (χ1v) is 6.71. The zero-order valence-corrected chi connectivity index (χ0v) is 12.0. The third-order valence-corrected chi connectivity index (χ3v) is 3.53. The monoisotopic (exact) mass is 328 g/mol. The largest absolute Gasteiger partial charge is 0.477 e. The molecule has 1 heterocycles. The lowest BCUT2D eigenvalue weighted by molar-refractivity contribution is -0.384. The van der Waals surface area contributed by atoms with Crippen LogP contribution in [-0.4, -0.2) is 20.6 Å². The summed E-state index contributed by atoms with van der Waals surface area (Å²) in [5.74, 6) is -2.11. The molecule has 3 rings (SSSR count). The van der Waals surface area contributed by atoms with Gasteiger partial charge in [0.25, 0.3) is 5.69 Å². The Morgan fingerprint density at radius 3 is 2.42 bits per heavy atom. The summed E-state index contributed by atoms with van der Waals surface area (Å²) in [5, 5.41) is 19.8. The second-order valence-electron chi connectivity index (χ2n) is 4.98. The van der Waals surface area contributed by atoms with Crippen molar-refractivity contribution in [1.29, 1.82) is 0 Å². The van der Waals surface area contributed by atoms with Crippen molar-refractivity contribution in [2.75, 3.05) is 0 Å². The minimum Gasteiger partial charge on any atom is -0.477 e. The third kappa shape index (κ3) is 2.50. The van der Waals surface area contributed by atoms with E-state index < -0.39 is 27.7 Å². The van der Waals surface area contributed by atoms with E-state index in [0.717, 1.165) is 18.3 Å². The van der Waals surface area contributed by atoms with E-state index in [-0.39, 0.29) is 11.1 Å². The lowest BCUT2D eigenvalue weighted by Gasteiger charge is -2.12. The lowest BCUT2D eigenvalue weighted by atomic mass is 10.1. The Balaban J connectivity index is 2.34. The molecule has 1 aromatic heterocycles. The number of rotatable bonds is 3. The van der Waals surface area contributed by atoms with Crippen molar-refractivity contribution in [3.8, 4) is 5.69 Å². The Labute approximate surface area is 133 Å². The van der Waals surface area contributed by atoms with Crippen LogP contribution in [0.15, 0.2) is 53.5 Å². The first kappa shape index (κ1) is 15.3. The van der Waals surface area contributed by atoms with Crippen molar-refractivity contribution in [2.45, 2.75) is 0 Å². The molecule has 0 unspecified atom stereocenters. The molecular formula is C16H9FN2O5. The Hall–Kier alpha value is -3.55. The molecule has 8 heteroatoms. The smallest absolute Gasteiger partial charge is 0.341 e. The van der Waals surface area contributed by atoms with Gasteiger partial charge >= 0.3 is 5.97 Å². The zero-order chi connectivity index (χ0) is 17.4. The van der Waals surface area contributed by atoms with Crippen molar-refractivity contribution in [1.82, 2.24) is 4.57 Å². The van der Waals surface area contributed by atoms with Gasteiger partial charge in [0.2, 0.25) is 5.43 Å². The fraction of sp³-hybridized carbons (Fsp3) is 0. The Kier molecular flexibility index (Phi) is 3.57. The van der Waals surface area contributed by atoms with Crippen LogP contribution in [0.5, 0.6) is 0 Å². The van der Waals surface area contributed by atoms with Crippen LogP contribution in [0.4, 0.5) is 10.1 Å². The minimum atomic E-state index is -1.44. The number of non-ortho nitro benzene ring substituents is 1. The second kappa shape index (κ2) is 5.58. The highest BCUT2D eigenvalue weighted by Crippen LogP contribution is 2.21. The van der Waals surface area contributed by atoms with E-state index in [0.29, 0.717) is 11.2 Å². The van der Waals surface area contributed by atoms with E-state index in [1.165, 1.54) is 34.9 Å². The highest BCUT2D eigenvalue weighted by atomic mass is 19.1. The lowest BCUT2D eigenvalue weighted by Crippen LogP contribution is -2.18. The van der Waals surface area contributed by atoms with Crippen molar-refractivity contribution in [3.05, 3.63) is 80.4 Å². The summed E-state index contributed by atoms with van der Waals surface area (Å²) < 4.78 is 14.8. The van der Waals surface area contributed by atoms with E-state index in [2.05, 4.69) is 0 Å². The number of carboxylic acids is 1. The van der Waals surface area contributed by atoms with Crippen LogP contribution in [0.3, 0.4) is 0 Å². The summed E-state index contributed by atoms with van der Waals surface area (Å²) in [7, 11) is 0. The van der Waals surface area contributed by atoms with Gasteiger partial charge in [-0.15, -0.1) is 0 Å². The summed E-state index contributed by atoms with van der Waals surface area (Å²) >= 11 is 0. The molecule has 0 atom stereocenters. The first-order valence-electron chi connectivity index (χ1n) is 6.71. The number of aromatic carboxylic acids is 1. The summed E-state index contributed by atoms with van der Waals surface area (Å²) in [6, 6.07) is 8.79. The first-order chi connectivity index (χ1) is 11.4. The van der Waals surface area contributed by atoms with Gasteiger partial charge in [-0.2, -0.15) is 0 Å². The molecule has 2 aromatic carbocycles. The summed E-state index contributed by atoms with van der Waals surface area (Å²) in [5.41, 5.74) is -0.754. The molecule has 0 saturated heterocycles. The minimum absolute atomic E-state index is 0.0896. The molecule has 24 heavy (non-hydrogen) atoms. The molecule has 7 nitrogen and oxygen atoms in total. The van der Waals surface area contributed by atoms with Crippen LogP contribution in [0.25, 0.3) is 16.6 Å². The number of nitro benzene ring substituents is 1. The molecule has 0 spiro atoms. The molecule has 0 saturated carbocycles. The van der Waals surface area contributed by atoms with Crippen LogP contribution < -0.4 is 5.43 Å². The van der Waals surface area contributed by atoms with E-state index in [9.17, 15) is 29.2 Å². The normalized spacial score (nSPS) is 10.7. The van der Waals surface area contributed by atoms with E-state index in [1.807, 2.05) is 0 Å². The molecular weight excluding hydrogens is 319 g/mol. The van der Waals surface area contributed by atoms with Gasteiger partial charge in [-0.1, -0.05) is 0 Å². The number of aromatic nitrogens is 1. The van der Waals surface area contributed by atoms with E-state index in [1.54, 1.807) is 0 Å². The maximum absolute atomic E-state index is 13.5. The maximum Gasteiger partial charge on any atom is 0.341 e.